The SMILES string of the molecule is CC(=O)c1cnc2ccc(Cl)nc2c1N[C@H]1CC[C@H](NC(=O)C(NC(=O)OC(C)(C)C)C(C)C)CC1. The molecule has 1 aliphatic carbocycles. The summed E-state index contributed by atoms with van der Waals surface area (Å²) in [7, 11) is 0. The Kier molecular flexibility index (Phi) is 8.76. The first-order valence-electron chi connectivity index (χ1n) is 12.4. The normalized spacial score (nSPS) is 19.0. The lowest BCUT2D eigenvalue weighted by Crippen LogP contribution is -2.53. The van der Waals surface area contributed by atoms with Crippen LogP contribution in [0.25, 0.3) is 11.0 Å². The molecular weight excluding hydrogens is 482 g/mol. The molecule has 1 aliphatic rings. The maximum atomic E-state index is 13.0. The standard InChI is InChI=1S/C26H36ClN5O4/c1-14(2)21(32-25(35)36-26(4,5)6)24(34)30-17-9-7-16(8-10-17)29-22-18(15(3)33)13-28-19-11-12-20(27)31-23(19)22/h11-14,16-17,21H,7-10H2,1-6H3,(H,28,29)(H,30,34)(H,32,35)/t16-,17-,21?. The molecule has 0 bridgehead atoms. The van der Waals surface area contributed by atoms with Gasteiger partial charge in [0.15, 0.2) is 5.78 Å². The Morgan fingerprint density at radius 1 is 1.08 bits per heavy atom. The molecule has 1 fully saturated rings. The highest BCUT2D eigenvalue weighted by Gasteiger charge is 2.30. The Balaban J connectivity index is 1.63. The molecule has 2 heterocycles. The van der Waals surface area contributed by atoms with Crippen molar-refractivity contribution < 1.29 is 19.1 Å². The third-order valence-corrected chi connectivity index (χ3v) is 6.31. The van der Waals surface area contributed by atoms with E-state index in [-0.39, 0.29) is 29.7 Å². The summed E-state index contributed by atoms with van der Waals surface area (Å²) < 4.78 is 5.31. The minimum atomic E-state index is -0.687. The van der Waals surface area contributed by atoms with Crippen molar-refractivity contribution in [3.63, 3.8) is 0 Å². The van der Waals surface area contributed by atoms with Crippen molar-refractivity contribution in [3.05, 3.63) is 29.0 Å². The molecule has 2 aromatic heterocycles. The van der Waals surface area contributed by atoms with Gasteiger partial charge in [-0.1, -0.05) is 25.4 Å². The summed E-state index contributed by atoms with van der Waals surface area (Å²) in [5.74, 6) is -0.420. The summed E-state index contributed by atoms with van der Waals surface area (Å²) >= 11 is 6.12. The Labute approximate surface area is 217 Å². The zero-order valence-corrected chi connectivity index (χ0v) is 22.5. The van der Waals surface area contributed by atoms with Gasteiger partial charge in [-0.3, -0.25) is 14.6 Å². The average Bonchev–Trinajstić information content (AvgIpc) is 2.77. The highest BCUT2D eigenvalue weighted by atomic mass is 35.5. The van der Waals surface area contributed by atoms with E-state index in [1.54, 1.807) is 39.1 Å². The van der Waals surface area contributed by atoms with E-state index in [0.29, 0.717) is 27.4 Å². The Morgan fingerprint density at radius 2 is 1.72 bits per heavy atom. The number of carbonyl (C=O) groups is 3. The van der Waals surface area contributed by atoms with E-state index in [4.69, 9.17) is 16.3 Å². The van der Waals surface area contributed by atoms with Gasteiger partial charge in [-0.15, -0.1) is 0 Å². The van der Waals surface area contributed by atoms with E-state index < -0.39 is 17.7 Å². The fourth-order valence-corrected chi connectivity index (χ4v) is 4.45. The van der Waals surface area contributed by atoms with E-state index in [2.05, 4.69) is 25.9 Å². The predicted octanol–water partition coefficient (Wildman–Crippen LogP) is 4.87. The highest BCUT2D eigenvalue weighted by Crippen LogP contribution is 2.30. The minimum Gasteiger partial charge on any atom is -0.444 e. The number of halogens is 1. The van der Waals surface area contributed by atoms with E-state index in [1.807, 2.05) is 13.8 Å². The number of nitrogens with zero attached hydrogens (tertiary/aromatic N) is 2. The van der Waals surface area contributed by atoms with Crippen molar-refractivity contribution in [2.75, 3.05) is 5.32 Å². The summed E-state index contributed by atoms with van der Waals surface area (Å²) in [5.41, 5.74) is 1.70. The van der Waals surface area contributed by atoms with Gasteiger partial charge in [-0.2, -0.15) is 0 Å². The number of alkyl carbamates (subject to hydrolysis) is 1. The number of hydrogen-bond donors (Lipinski definition) is 3. The van der Waals surface area contributed by atoms with Crippen LogP contribution in [-0.2, 0) is 9.53 Å². The molecule has 0 saturated heterocycles. The van der Waals surface area contributed by atoms with Gasteiger partial charge in [0.1, 0.15) is 22.3 Å². The lowest BCUT2D eigenvalue weighted by atomic mass is 9.90. The molecule has 196 valence electrons. The molecule has 9 nitrogen and oxygen atoms in total. The number of hydrogen-bond acceptors (Lipinski definition) is 7. The number of rotatable bonds is 7. The molecule has 2 aromatic rings. The topological polar surface area (TPSA) is 122 Å². The second-order valence-electron chi connectivity index (χ2n) is 10.7. The number of carbonyl (C=O) groups excluding carboxylic acids is 3. The van der Waals surface area contributed by atoms with Crippen LogP contribution >= 0.6 is 11.6 Å². The van der Waals surface area contributed by atoms with Crippen LogP contribution in [0.1, 0.15) is 77.6 Å². The predicted molar refractivity (Wildman–Crippen MR) is 140 cm³/mol. The Morgan fingerprint density at radius 3 is 2.31 bits per heavy atom. The third kappa shape index (κ3) is 7.29. The average molecular weight is 518 g/mol. The van der Waals surface area contributed by atoms with Crippen LogP contribution in [0.5, 0.6) is 0 Å². The number of fused-ring (bicyclic) bond motifs is 1. The highest BCUT2D eigenvalue weighted by molar-refractivity contribution is 6.30. The smallest absolute Gasteiger partial charge is 0.408 e. The zero-order chi connectivity index (χ0) is 26.6. The maximum Gasteiger partial charge on any atom is 0.408 e. The number of anilines is 1. The van der Waals surface area contributed by atoms with Gasteiger partial charge in [0.2, 0.25) is 5.91 Å². The summed E-state index contributed by atoms with van der Waals surface area (Å²) in [6, 6.07) is 2.86. The molecule has 1 atom stereocenters. The Bertz CT molecular complexity index is 1120. The fourth-order valence-electron chi connectivity index (χ4n) is 4.30. The van der Waals surface area contributed by atoms with Crippen LogP contribution in [0.2, 0.25) is 5.15 Å². The van der Waals surface area contributed by atoms with Crippen LogP contribution in [-0.4, -0.2) is 51.5 Å². The van der Waals surface area contributed by atoms with Crippen LogP contribution in [0.4, 0.5) is 10.5 Å². The van der Waals surface area contributed by atoms with Crippen molar-refractivity contribution in [2.24, 2.45) is 5.92 Å². The van der Waals surface area contributed by atoms with Crippen LogP contribution < -0.4 is 16.0 Å². The number of amides is 2. The molecule has 0 radical (unpaired) electrons. The lowest BCUT2D eigenvalue weighted by Gasteiger charge is -2.32. The molecule has 0 spiro atoms. The fraction of sp³-hybridized carbons (Fsp3) is 0.577. The van der Waals surface area contributed by atoms with Gasteiger partial charge in [-0.25, -0.2) is 9.78 Å². The van der Waals surface area contributed by atoms with E-state index >= 15 is 0 Å². The first-order chi connectivity index (χ1) is 16.8. The molecular formula is C26H36ClN5O4. The van der Waals surface area contributed by atoms with Gasteiger partial charge in [0, 0.05) is 18.3 Å². The molecule has 2 amide bonds. The number of ether oxygens (including phenoxy) is 1. The molecule has 10 heteroatoms. The number of Topliss-reactive ketones (excluding diaryl/α,β-unsaturated/α-hetero) is 1. The van der Waals surface area contributed by atoms with Crippen molar-refractivity contribution in [1.29, 1.82) is 0 Å². The summed E-state index contributed by atoms with van der Waals surface area (Å²) in [4.78, 5) is 46.2. The molecule has 0 aromatic carbocycles. The van der Waals surface area contributed by atoms with E-state index in [0.717, 1.165) is 25.7 Å². The van der Waals surface area contributed by atoms with Gasteiger partial charge < -0.3 is 20.7 Å². The number of nitrogens with one attached hydrogen (secondary N) is 3. The first-order valence-corrected chi connectivity index (χ1v) is 12.7. The zero-order valence-electron chi connectivity index (χ0n) is 21.8. The second-order valence-corrected chi connectivity index (χ2v) is 11.1. The van der Waals surface area contributed by atoms with Gasteiger partial charge in [-0.05, 0) is 71.4 Å². The molecule has 36 heavy (non-hydrogen) atoms. The summed E-state index contributed by atoms with van der Waals surface area (Å²) in [5, 5.41) is 9.62. The number of ketones is 1. The lowest BCUT2D eigenvalue weighted by molar-refractivity contribution is -0.125. The van der Waals surface area contributed by atoms with Crippen molar-refractivity contribution in [3.8, 4) is 0 Å². The molecule has 1 saturated carbocycles. The molecule has 3 N–H and O–H groups in total. The van der Waals surface area contributed by atoms with Crippen LogP contribution in [0, 0.1) is 5.92 Å². The molecule has 3 rings (SSSR count). The minimum absolute atomic E-state index is 0.00809. The molecule has 0 aliphatic heterocycles. The van der Waals surface area contributed by atoms with E-state index in [9.17, 15) is 14.4 Å². The monoisotopic (exact) mass is 517 g/mol. The van der Waals surface area contributed by atoms with Crippen molar-refractivity contribution in [1.82, 2.24) is 20.6 Å². The quantitative estimate of drug-likeness (QED) is 0.353. The van der Waals surface area contributed by atoms with Gasteiger partial charge in [0.05, 0.1) is 16.8 Å². The molecule has 1 unspecified atom stereocenters. The number of aromatic nitrogens is 2. The summed E-state index contributed by atoms with van der Waals surface area (Å²) in [6.45, 7) is 10.6. The van der Waals surface area contributed by atoms with Crippen LogP contribution in [0.15, 0.2) is 18.3 Å². The van der Waals surface area contributed by atoms with Crippen LogP contribution in [0.3, 0.4) is 0 Å². The Hall–Kier alpha value is -2.94. The third-order valence-electron chi connectivity index (χ3n) is 6.10. The second kappa shape index (κ2) is 11.4. The van der Waals surface area contributed by atoms with E-state index in [1.165, 1.54) is 6.92 Å². The first kappa shape index (κ1) is 27.6. The van der Waals surface area contributed by atoms with Crippen molar-refractivity contribution in [2.45, 2.75) is 91.0 Å². The number of pyridine rings is 2. The maximum absolute atomic E-state index is 13.0. The van der Waals surface area contributed by atoms with Gasteiger partial charge in [0.25, 0.3) is 0 Å². The van der Waals surface area contributed by atoms with Crippen molar-refractivity contribution >= 4 is 46.1 Å². The van der Waals surface area contributed by atoms with Gasteiger partial charge >= 0.3 is 6.09 Å². The summed E-state index contributed by atoms with van der Waals surface area (Å²) in [6.07, 6.45) is 4.05. The largest absolute Gasteiger partial charge is 0.444 e.